The van der Waals surface area contributed by atoms with Crippen LogP contribution in [0.2, 0.25) is 0 Å². The monoisotopic (exact) mass is 397 g/mol. The van der Waals surface area contributed by atoms with E-state index in [1.807, 2.05) is 36.4 Å². The van der Waals surface area contributed by atoms with Gasteiger partial charge in [-0.05, 0) is 17.7 Å². The summed E-state index contributed by atoms with van der Waals surface area (Å²) < 4.78 is 10.8. The van der Waals surface area contributed by atoms with Gasteiger partial charge >= 0.3 is 0 Å². The van der Waals surface area contributed by atoms with Gasteiger partial charge in [0.1, 0.15) is 5.76 Å². The summed E-state index contributed by atoms with van der Waals surface area (Å²) >= 11 is 0. The number of morpholine rings is 1. The molecule has 2 atom stereocenters. The van der Waals surface area contributed by atoms with Crippen molar-refractivity contribution in [2.75, 3.05) is 39.4 Å². The van der Waals surface area contributed by atoms with Gasteiger partial charge < -0.3 is 19.4 Å². The number of amides is 2. The summed E-state index contributed by atoms with van der Waals surface area (Å²) in [5.74, 6) is 0.315. The van der Waals surface area contributed by atoms with Crippen LogP contribution >= 0.6 is 0 Å². The smallest absolute Gasteiger partial charge is 0.225 e. The molecule has 2 amide bonds. The Morgan fingerprint density at radius 3 is 2.66 bits per heavy atom. The highest BCUT2D eigenvalue weighted by atomic mass is 16.5. The van der Waals surface area contributed by atoms with Crippen molar-refractivity contribution >= 4 is 11.8 Å². The molecule has 4 rings (SSSR count). The number of benzene rings is 1. The Bertz CT molecular complexity index is 803. The number of furan rings is 1. The molecular formula is C22H27N3O4. The predicted octanol–water partition coefficient (Wildman–Crippen LogP) is 1.82. The Labute approximate surface area is 170 Å². The zero-order valence-corrected chi connectivity index (χ0v) is 16.5. The molecule has 2 saturated heterocycles. The lowest BCUT2D eigenvalue weighted by Crippen LogP contribution is -2.44. The van der Waals surface area contributed by atoms with Gasteiger partial charge in [0.2, 0.25) is 11.8 Å². The molecule has 0 aliphatic carbocycles. The Balaban J connectivity index is 1.40. The molecule has 1 N–H and O–H groups in total. The molecular weight excluding hydrogens is 370 g/mol. The van der Waals surface area contributed by atoms with E-state index in [1.165, 1.54) is 0 Å². The molecule has 0 bridgehead atoms. The second kappa shape index (κ2) is 9.24. The summed E-state index contributed by atoms with van der Waals surface area (Å²) in [6.45, 7) is 4.71. The van der Waals surface area contributed by atoms with E-state index < -0.39 is 0 Å². The number of likely N-dealkylation sites (tertiary alicyclic amines) is 1. The number of hydrogen-bond acceptors (Lipinski definition) is 5. The van der Waals surface area contributed by atoms with E-state index in [9.17, 15) is 9.59 Å². The van der Waals surface area contributed by atoms with Crippen LogP contribution in [0, 0.1) is 5.92 Å². The number of hydrogen-bond donors (Lipinski definition) is 1. The number of carbonyl (C=O) groups is 2. The second-order valence-electron chi connectivity index (χ2n) is 7.64. The average Bonchev–Trinajstić information content (AvgIpc) is 3.39. The average molecular weight is 397 g/mol. The maximum absolute atomic E-state index is 13.0. The van der Waals surface area contributed by atoms with Gasteiger partial charge in [0.15, 0.2) is 0 Å². The van der Waals surface area contributed by atoms with Gasteiger partial charge in [0.05, 0.1) is 38.0 Å². The fraction of sp³-hybridized carbons (Fsp3) is 0.455. The quantitative estimate of drug-likeness (QED) is 0.771. The topological polar surface area (TPSA) is 75.0 Å². The molecule has 29 heavy (non-hydrogen) atoms. The van der Waals surface area contributed by atoms with Crippen LogP contribution in [0.25, 0.3) is 0 Å². The Morgan fingerprint density at radius 2 is 1.93 bits per heavy atom. The maximum Gasteiger partial charge on any atom is 0.225 e. The molecule has 2 fully saturated rings. The highest BCUT2D eigenvalue weighted by molar-refractivity contribution is 5.89. The summed E-state index contributed by atoms with van der Waals surface area (Å²) in [7, 11) is 0. The van der Waals surface area contributed by atoms with Crippen LogP contribution in [0.1, 0.15) is 23.8 Å². The Morgan fingerprint density at radius 1 is 1.14 bits per heavy atom. The van der Waals surface area contributed by atoms with Gasteiger partial charge in [-0.15, -0.1) is 0 Å². The molecule has 0 saturated carbocycles. The molecule has 1 aromatic heterocycles. The summed E-state index contributed by atoms with van der Waals surface area (Å²) in [5.41, 5.74) is 1.07. The van der Waals surface area contributed by atoms with Crippen molar-refractivity contribution in [2.45, 2.75) is 19.0 Å². The number of nitrogens with one attached hydrogen (secondary N) is 1. The van der Waals surface area contributed by atoms with Crippen LogP contribution in [0.5, 0.6) is 0 Å². The highest BCUT2D eigenvalue weighted by Crippen LogP contribution is 2.23. The van der Waals surface area contributed by atoms with E-state index in [1.54, 1.807) is 17.2 Å². The standard InChI is InChI=1S/C22H27N3O4/c26-21-13-18(14-25(21)15-19-7-4-10-29-19)22(27)23-20(17-5-2-1-3-6-17)16-24-8-11-28-12-9-24/h1-7,10,18,20H,8-9,11-16H2,(H,23,27). The Hall–Kier alpha value is -2.64. The van der Waals surface area contributed by atoms with Crippen LogP contribution in [-0.2, 0) is 20.9 Å². The van der Waals surface area contributed by atoms with Gasteiger partial charge in [0, 0.05) is 32.6 Å². The minimum atomic E-state index is -0.339. The number of carbonyl (C=O) groups excluding carboxylic acids is 2. The van der Waals surface area contributed by atoms with Crippen LogP contribution in [0.15, 0.2) is 53.1 Å². The molecule has 0 radical (unpaired) electrons. The van der Waals surface area contributed by atoms with E-state index in [0.717, 1.165) is 31.0 Å². The molecule has 2 aromatic rings. The zero-order valence-electron chi connectivity index (χ0n) is 16.5. The number of nitrogens with zero attached hydrogens (tertiary/aromatic N) is 2. The molecule has 2 aliphatic rings. The summed E-state index contributed by atoms with van der Waals surface area (Å²) in [4.78, 5) is 29.4. The highest BCUT2D eigenvalue weighted by Gasteiger charge is 2.35. The molecule has 1 aromatic carbocycles. The third-order valence-electron chi connectivity index (χ3n) is 5.57. The van der Waals surface area contributed by atoms with E-state index in [4.69, 9.17) is 9.15 Å². The van der Waals surface area contributed by atoms with Crippen molar-refractivity contribution in [1.29, 1.82) is 0 Å². The molecule has 7 heteroatoms. The molecule has 0 spiro atoms. The van der Waals surface area contributed by atoms with Crippen molar-refractivity contribution in [3.63, 3.8) is 0 Å². The molecule has 154 valence electrons. The first kappa shape index (κ1) is 19.7. The van der Waals surface area contributed by atoms with E-state index in [2.05, 4.69) is 10.2 Å². The van der Waals surface area contributed by atoms with Crippen LogP contribution < -0.4 is 5.32 Å². The predicted molar refractivity (Wildman–Crippen MR) is 107 cm³/mol. The largest absolute Gasteiger partial charge is 0.467 e. The van der Waals surface area contributed by atoms with E-state index >= 15 is 0 Å². The fourth-order valence-corrected chi connectivity index (χ4v) is 3.94. The third kappa shape index (κ3) is 5.05. The minimum Gasteiger partial charge on any atom is -0.467 e. The Kier molecular flexibility index (Phi) is 6.27. The lowest BCUT2D eigenvalue weighted by Gasteiger charge is -2.31. The SMILES string of the molecule is O=C(NC(CN1CCOCC1)c1ccccc1)C1CC(=O)N(Cc2ccco2)C1. The first-order valence-electron chi connectivity index (χ1n) is 10.1. The summed E-state index contributed by atoms with van der Waals surface area (Å²) in [6.07, 6.45) is 1.84. The molecule has 7 nitrogen and oxygen atoms in total. The number of ether oxygens (including phenoxy) is 1. The van der Waals surface area contributed by atoms with Crippen molar-refractivity contribution in [2.24, 2.45) is 5.92 Å². The first-order valence-corrected chi connectivity index (χ1v) is 10.1. The van der Waals surface area contributed by atoms with Crippen LogP contribution in [0.4, 0.5) is 0 Å². The van der Waals surface area contributed by atoms with Gasteiger partial charge in [-0.3, -0.25) is 14.5 Å². The van der Waals surface area contributed by atoms with E-state index in [0.29, 0.717) is 26.3 Å². The van der Waals surface area contributed by atoms with Gasteiger partial charge in [-0.1, -0.05) is 30.3 Å². The molecule has 3 heterocycles. The number of rotatable bonds is 7. The normalized spacial score (nSPS) is 21.3. The lowest BCUT2D eigenvalue weighted by molar-refractivity contribution is -0.129. The van der Waals surface area contributed by atoms with Gasteiger partial charge in [0.25, 0.3) is 0 Å². The third-order valence-corrected chi connectivity index (χ3v) is 5.57. The minimum absolute atomic E-state index is 0.00834. The molecule has 2 aliphatic heterocycles. The zero-order chi connectivity index (χ0) is 20.1. The summed E-state index contributed by atoms with van der Waals surface area (Å²) in [6, 6.07) is 13.5. The van der Waals surface area contributed by atoms with E-state index in [-0.39, 0.29) is 30.2 Å². The van der Waals surface area contributed by atoms with Crippen molar-refractivity contribution < 1.29 is 18.7 Å². The van der Waals surface area contributed by atoms with Crippen molar-refractivity contribution in [3.05, 3.63) is 60.1 Å². The van der Waals surface area contributed by atoms with Crippen molar-refractivity contribution in [3.8, 4) is 0 Å². The van der Waals surface area contributed by atoms with Crippen LogP contribution in [-0.4, -0.2) is 61.0 Å². The maximum atomic E-state index is 13.0. The lowest BCUT2D eigenvalue weighted by atomic mass is 10.0. The van der Waals surface area contributed by atoms with Crippen molar-refractivity contribution in [1.82, 2.24) is 15.1 Å². The fourth-order valence-electron chi connectivity index (χ4n) is 3.94. The van der Waals surface area contributed by atoms with Crippen LogP contribution in [0.3, 0.4) is 0 Å². The first-order chi connectivity index (χ1) is 14.2. The second-order valence-corrected chi connectivity index (χ2v) is 7.64. The summed E-state index contributed by atoms with van der Waals surface area (Å²) in [5, 5.41) is 3.20. The van der Waals surface area contributed by atoms with Gasteiger partial charge in [-0.25, -0.2) is 0 Å². The van der Waals surface area contributed by atoms with Gasteiger partial charge in [-0.2, -0.15) is 0 Å². The molecule has 2 unspecified atom stereocenters.